The Hall–Kier alpha value is -2.03. The van der Waals surface area contributed by atoms with E-state index < -0.39 is 5.97 Å². The van der Waals surface area contributed by atoms with Gasteiger partial charge in [-0.2, -0.15) is 0 Å². The number of thiazole rings is 1. The van der Waals surface area contributed by atoms with Crippen molar-refractivity contribution in [3.8, 4) is 0 Å². The standard InChI is InChI=1S/C22H27N3O3S2/c1-13-3-5-14(6-4-13)17-10-25(2)8-7-15(17)16-9-19(30-20(16)22(27)28)24-21(26)18-11-29-12-23-18/h9,11-14H,3-8,10H2,1-2H3,(H,24,26)(H,27,28). The van der Waals surface area contributed by atoms with Gasteiger partial charge in [0.25, 0.3) is 5.91 Å². The number of carboxylic acids is 1. The van der Waals surface area contributed by atoms with Crippen molar-refractivity contribution in [2.24, 2.45) is 11.8 Å². The molecule has 0 spiro atoms. The molecule has 2 aromatic heterocycles. The average Bonchev–Trinajstić information content (AvgIpc) is 3.39. The fourth-order valence-electron chi connectivity index (χ4n) is 4.56. The molecule has 0 saturated heterocycles. The van der Waals surface area contributed by atoms with E-state index in [1.54, 1.807) is 10.9 Å². The lowest BCUT2D eigenvalue weighted by molar-refractivity contribution is 0.0701. The Morgan fingerprint density at radius 1 is 1.27 bits per heavy atom. The van der Waals surface area contributed by atoms with Crippen LogP contribution in [-0.2, 0) is 0 Å². The minimum Gasteiger partial charge on any atom is -0.477 e. The number of aromatic nitrogens is 1. The molecule has 1 fully saturated rings. The zero-order valence-electron chi connectivity index (χ0n) is 17.3. The highest BCUT2D eigenvalue weighted by atomic mass is 32.1. The van der Waals surface area contributed by atoms with Crippen molar-refractivity contribution in [3.63, 3.8) is 0 Å². The molecular weight excluding hydrogens is 418 g/mol. The zero-order chi connectivity index (χ0) is 21.3. The molecule has 2 aliphatic rings. The predicted molar refractivity (Wildman–Crippen MR) is 122 cm³/mol. The number of nitrogens with one attached hydrogen (secondary N) is 1. The first-order chi connectivity index (χ1) is 14.4. The van der Waals surface area contributed by atoms with Gasteiger partial charge in [-0.25, -0.2) is 9.78 Å². The second-order valence-electron chi connectivity index (χ2n) is 8.43. The molecule has 4 rings (SSSR count). The number of carbonyl (C=O) groups excluding carboxylic acids is 1. The maximum atomic E-state index is 12.4. The van der Waals surface area contributed by atoms with E-state index in [2.05, 4.69) is 29.2 Å². The molecule has 0 atom stereocenters. The van der Waals surface area contributed by atoms with Crippen LogP contribution in [0.15, 0.2) is 22.5 Å². The summed E-state index contributed by atoms with van der Waals surface area (Å²) in [5.41, 5.74) is 5.31. The Morgan fingerprint density at radius 3 is 2.70 bits per heavy atom. The number of likely N-dealkylation sites (N-methyl/N-ethyl adjacent to an activating group) is 1. The summed E-state index contributed by atoms with van der Waals surface area (Å²) in [4.78, 5) is 31.1. The summed E-state index contributed by atoms with van der Waals surface area (Å²) in [6, 6.07) is 1.85. The summed E-state index contributed by atoms with van der Waals surface area (Å²) in [6.45, 7) is 4.12. The van der Waals surface area contributed by atoms with Crippen LogP contribution in [0.3, 0.4) is 0 Å². The monoisotopic (exact) mass is 445 g/mol. The van der Waals surface area contributed by atoms with Gasteiger partial charge in [0.15, 0.2) is 0 Å². The van der Waals surface area contributed by atoms with Gasteiger partial charge in [-0.1, -0.05) is 19.8 Å². The Balaban J connectivity index is 1.69. The molecule has 0 unspecified atom stereocenters. The molecule has 6 nitrogen and oxygen atoms in total. The summed E-state index contributed by atoms with van der Waals surface area (Å²) >= 11 is 2.49. The van der Waals surface area contributed by atoms with Crippen LogP contribution < -0.4 is 5.32 Å². The SMILES string of the molecule is CC1CCC(C2=C(c3cc(NC(=O)c4cscn4)sc3C(=O)O)CCN(C)C2)CC1. The Morgan fingerprint density at radius 2 is 2.03 bits per heavy atom. The third kappa shape index (κ3) is 4.50. The van der Waals surface area contributed by atoms with Gasteiger partial charge < -0.3 is 15.3 Å². The molecule has 8 heteroatoms. The van der Waals surface area contributed by atoms with E-state index in [4.69, 9.17) is 0 Å². The normalized spacial score (nSPS) is 22.9. The smallest absolute Gasteiger partial charge is 0.346 e. The topological polar surface area (TPSA) is 82.5 Å². The quantitative estimate of drug-likeness (QED) is 0.671. The third-order valence-electron chi connectivity index (χ3n) is 6.23. The van der Waals surface area contributed by atoms with E-state index in [0.29, 0.717) is 21.5 Å². The summed E-state index contributed by atoms with van der Waals surface area (Å²) in [6.07, 6.45) is 5.65. The Kier molecular flexibility index (Phi) is 6.36. The number of nitrogens with zero attached hydrogens (tertiary/aromatic N) is 2. The van der Waals surface area contributed by atoms with Crippen LogP contribution in [0.1, 0.15) is 64.8 Å². The molecule has 1 aliphatic carbocycles. The number of hydrogen-bond acceptors (Lipinski definition) is 6. The second-order valence-corrected chi connectivity index (χ2v) is 10.2. The van der Waals surface area contributed by atoms with Crippen molar-refractivity contribution in [1.82, 2.24) is 9.88 Å². The summed E-state index contributed by atoms with van der Waals surface area (Å²) < 4.78 is 0. The fourth-order valence-corrected chi connectivity index (χ4v) is 6.01. The van der Waals surface area contributed by atoms with Gasteiger partial charge >= 0.3 is 5.97 Å². The lowest BCUT2D eigenvalue weighted by atomic mass is 9.75. The number of carboxylic acid groups (broad SMARTS) is 1. The predicted octanol–water partition coefficient (Wildman–Crippen LogP) is 5.07. The lowest BCUT2D eigenvalue weighted by Gasteiger charge is -2.35. The number of hydrogen-bond donors (Lipinski definition) is 2. The Labute approximate surface area is 184 Å². The molecule has 30 heavy (non-hydrogen) atoms. The molecule has 2 N–H and O–H groups in total. The van der Waals surface area contributed by atoms with Gasteiger partial charge in [-0.05, 0) is 55.4 Å². The molecule has 2 aromatic rings. The number of anilines is 1. The number of thiophene rings is 1. The largest absolute Gasteiger partial charge is 0.477 e. The van der Waals surface area contributed by atoms with E-state index >= 15 is 0 Å². The maximum Gasteiger partial charge on any atom is 0.346 e. The van der Waals surface area contributed by atoms with Gasteiger partial charge in [0, 0.05) is 24.0 Å². The van der Waals surface area contributed by atoms with Gasteiger partial charge in [-0.3, -0.25) is 4.79 Å². The highest BCUT2D eigenvalue weighted by molar-refractivity contribution is 7.18. The molecule has 3 heterocycles. The van der Waals surface area contributed by atoms with Crippen LogP contribution in [0.5, 0.6) is 0 Å². The molecule has 0 bridgehead atoms. The molecule has 0 radical (unpaired) electrons. The minimum absolute atomic E-state index is 0.306. The van der Waals surface area contributed by atoms with Crippen LogP contribution in [-0.4, -0.2) is 47.0 Å². The minimum atomic E-state index is -0.938. The molecule has 1 saturated carbocycles. The van der Waals surface area contributed by atoms with Crippen molar-refractivity contribution in [2.45, 2.75) is 39.0 Å². The first-order valence-corrected chi connectivity index (χ1v) is 12.2. The maximum absolute atomic E-state index is 12.4. The third-order valence-corrected chi connectivity index (χ3v) is 7.86. The molecule has 1 aliphatic heterocycles. The number of carbonyl (C=O) groups is 2. The Bertz CT molecular complexity index is 956. The van der Waals surface area contributed by atoms with Crippen molar-refractivity contribution in [3.05, 3.63) is 38.7 Å². The van der Waals surface area contributed by atoms with E-state index in [-0.39, 0.29) is 5.91 Å². The van der Waals surface area contributed by atoms with E-state index in [1.807, 2.05) is 6.07 Å². The molecule has 1 amide bonds. The van der Waals surface area contributed by atoms with Gasteiger partial charge in [0.1, 0.15) is 10.6 Å². The molecule has 160 valence electrons. The van der Waals surface area contributed by atoms with Crippen LogP contribution in [0.2, 0.25) is 0 Å². The summed E-state index contributed by atoms with van der Waals surface area (Å²) in [7, 11) is 2.13. The number of rotatable bonds is 5. The number of amides is 1. The van der Waals surface area contributed by atoms with Crippen LogP contribution in [0, 0.1) is 11.8 Å². The van der Waals surface area contributed by atoms with Crippen molar-refractivity contribution in [1.29, 1.82) is 0 Å². The van der Waals surface area contributed by atoms with Crippen molar-refractivity contribution < 1.29 is 14.7 Å². The van der Waals surface area contributed by atoms with Crippen molar-refractivity contribution in [2.75, 3.05) is 25.5 Å². The van der Waals surface area contributed by atoms with Gasteiger partial charge in [0.2, 0.25) is 0 Å². The summed E-state index contributed by atoms with van der Waals surface area (Å²) in [5, 5.41) is 14.9. The van der Waals surface area contributed by atoms with E-state index in [9.17, 15) is 14.7 Å². The van der Waals surface area contributed by atoms with Gasteiger partial charge in [-0.15, -0.1) is 22.7 Å². The van der Waals surface area contributed by atoms with Crippen molar-refractivity contribution >= 4 is 45.1 Å². The summed E-state index contributed by atoms with van der Waals surface area (Å²) in [5.74, 6) is 0.0514. The first-order valence-electron chi connectivity index (χ1n) is 10.4. The number of aromatic carboxylic acids is 1. The van der Waals surface area contributed by atoms with Crippen LogP contribution in [0.4, 0.5) is 5.00 Å². The van der Waals surface area contributed by atoms with Crippen LogP contribution in [0.25, 0.3) is 5.57 Å². The van der Waals surface area contributed by atoms with E-state index in [0.717, 1.165) is 42.3 Å². The average molecular weight is 446 g/mol. The molecular formula is C22H27N3O3S2. The highest BCUT2D eigenvalue weighted by Crippen LogP contribution is 2.42. The van der Waals surface area contributed by atoms with Gasteiger partial charge in [0.05, 0.1) is 10.5 Å². The lowest BCUT2D eigenvalue weighted by Crippen LogP contribution is -2.31. The first kappa shape index (κ1) is 21.2. The van der Waals surface area contributed by atoms with E-state index in [1.165, 1.54) is 48.2 Å². The molecule has 0 aromatic carbocycles. The van der Waals surface area contributed by atoms with Crippen LogP contribution >= 0.6 is 22.7 Å². The second kappa shape index (κ2) is 8.99. The highest BCUT2D eigenvalue weighted by Gasteiger charge is 2.30. The zero-order valence-corrected chi connectivity index (χ0v) is 18.9. The fraction of sp³-hybridized carbons (Fsp3) is 0.500.